The number of halogens is 1. The molecule has 0 fully saturated rings. The number of carbonyl (C=O) groups is 1. The second kappa shape index (κ2) is 10.5. The van der Waals surface area contributed by atoms with Crippen molar-refractivity contribution in [2.24, 2.45) is 5.10 Å². The van der Waals surface area contributed by atoms with E-state index in [1.54, 1.807) is 13.3 Å². The van der Waals surface area contributed by atoms with Crippen molar-refractivity contribution in [2.75, 3.05) is 7.11 Å². The Balaban J connectivity index is 1.70. The highest BCUT2D eigenvalue weighted by Gasteiger charge is 2.14. The number of amides is 1. The number of benzene rings is 3. The van der Waals surface area contributed by atoms with Crippen LogP contribution in [0, 0.1) is 0 Å². The van der Waals surface area contributed by atoms with Gasteiger partial charge in [0, 0.05) is 15.6 Å². The van der Waals surface area contributed by atoms with Gasteiger partial charge in [0.25, 0.3) is 5.91 Å². The van der Waals surface area contributed by atoms with E-state index in [4.69, 9.17) is 9.47 Å². The summed E-state index contributed by atoms with van der Waals surface area (Å²) in [6.07, 6.45) is 1.56. The highest BCUT2D eigenvalue weighted by molar-refractivity contribution is 9.10. The first-order chi connectivity index (χ1) is 15.3. The Morgan fingerprint density at radius 2 is 1.72 bits per heavy atom. The lowest BCUT2D eigenvalue weighted by Crippen LogP contribution is -2.18. The molecule has 0 saturated heterocycles. The number of rotatable bonds is 7. The maximum atomic E-state index is 12.5. The van der Waals surface area contributed by atoms with Crippen LogP contribution in [-0.4, -0.2) is 19.2 Å². The van der Waals surface area contributed by atoms with Gasteiger partial charge >= 0.3 is 0 Å². The first-order valence-corrected chi connectivity index (χ1v) is 11.1. The second-order valence-corrected chi connectivity index (χ2v) is 9.24. The van der Waals surface area contributed by atoms with Crippen LogP contribution in [0.25, 0.3) is 0 Å². The fourth-order valence-corrected chi connectivity index (χ4v) is 3.30. The first-order valence-electron chi connectivity index (χ1n) is 10.3. The highest BCUT2D eigenvalue weighted by atomic mass is 79.9. The van der Waals surface area contributed by atoms with Crippen LogP contribution in [0.5, 0.6) is 11.5 Å². The van der Waals surface area contributed by atoms with E-state index < -0.39 is 0 Å². The minimum Gasteiger partial charge on any atom is -0.493 e. The average Bonchev–Trinajstić information content (AvgIpc) is 2.78. The van der Waals surface area contributed by atoms with E-state index >= 15 is 0 Å². The average molecular weight is 495 g/mol. The Labute approximate surface area is 197 Å². The molecule has 0 bridgehead atoms. The SMILES string of the molecule is COc1cccc(/C=N\NC(=O)c2ccc(C(C)(C)C)cc2)c1OCc1ccc(Br)cc1. The molecule has 1 N–H and O–H groups in total. The summed E-state index contributed by atoms with van der Waals surface area (Å²) in [7, 11) is 1.59. The van der Waals surface area contributed by atoms with Crippen LogP contribution in [0.15, 0.2) is 76.3 Å². The third-order valence-electron chi connectivity index (χ3n) is 4.91. The lowest BCUT2D eigenvalue weighted by molar-refractivity contribution is 0.0955. The molecule has 3 aromatic rings. The molecule has 166 valence electrons. The smallest absolute Gasteiger partial charge is 0.271 e. The molecule has 0 saturated carbocycles. The Morgan fingerprint density at radius 3 is 2.34 bits per heavy atom. The number of nitrogens with one attached hydrogen (secondary N) is 1. The van der Waals surface area contributed by atoms with Gasteiger partial charge in [0.2, 0.25) is 0 Å². The Bertz CT molecular complexity index is 1090. The van der Waals surface area contributed by atoms with Crippen LogP contribution in [0.2, 0.25) is 0 Å². The van der Waals surface area contributed by atoms with Crippen molar-refractivity contribution < 1.29 is 14.3 Å². The summed E-state index contributed by atoms with van der Waals surface area (Å²) in [5.41, 5.74) is 6.05. The summed E-state index contributed by atoms with van der Waals surface area (Å²) in [6.45, 7) is 6.78. The summed E-state index contributed by atoms with van der Waals surface area (Å²) >= 11 is 3.43. The van der Waals surface area contributed by atoms with Gasteiger partial charge in [-0.05, 0) is 52.9 Å². The summed E-state index contributed by atoms with van der Waals surface area (Å²) in [4.78, 5) is 12.5. The van der Waals surface area contributed by atoms with Gasteiger partial charge in [0.15, 0.2) is 11.5 Å². The van der Waals surface area contributed by atoms with Crippen LogP contribution in [0.1, 0.15) is 47.8 Å². The van der Waals surface area contributed by atoms with E-state index in [1.165, 1.54) is 5.56 Å². The van der Waals surface area contributed by atoms with Crippen LogP contribution < -0.4 is 14.9 Å². The van der Waals surface area contributed by atoms with Gasteiger partial charge in [-0.25, -0.2) is 5.43 Å². The number of ether oxygens (including phenoxy) is 2. The second-order valence-electron chi connectivity index (χ2n) is 8.32. The number of carbonyl (C=O) groups excluding carboxylic acids is 1. The van der Waals surface area contributed by atoms with Crippen molar-refractivity contribution in [3.63, 3.8) is 0 Å². The first kappa shape index (κ1) is 23.5. The molecule has 5 nitrogen and oxygen atoms in total. The maximum absolute atomic E-state index is 12.5. The van der Waals surface area contributed by atoms with Gasteiger partial charge in [-0.15, -0.1) is 0 Å². The maximum Gasteiger partial charge on any atom is 0.271 e. The molecule has 6 heteroatoms. The van der Waals surface area contributed by atoms with Crippen molar-refractivity contribution in [2.45, 2.75) is 32.8 Å². The zero-order valence-electron chi connectivity index (χ0n) is 18.7. The Morgan fingerprint density at radius 1 is 1.03 bits per heavy atom. The fraction of sp³-hybridized carbons (Fsp3) is 0.231. The molecule has 3 aromatic carbocycles. The molecule has 1 amide bonds. The summed E-state index contributed by atoms with van der Waals surface area (Å²) in [6, 6.07) is 21.0. The van der Waals surface area contributed by atoms with Gasteiger partial charge in [-0.3, -0.25) is 4.79 Å². The van der Waals surface area contributed by atoms with Crippen LogP contribution in [0.4, 0.5) is 0 Å². The molecular formula is C26H27BrN2O3. The molecule has 32 heavy (non-hydrogen) atoms. The van der Waals surface area contributed by atoms with Crippen molar-refractivity contribution in [1.82, 2.24) is 5.43 Å². The zero-order chi connectivity index (χ0) is 23.1. The minimum atomic E-state index is -0.276. The lowest BCUT2D eigenvalue weighted by Gasteiger charge is -2.18. The van der Waals surface area contributed by atoms with Crippen molar-refractivity contribution in [1.29, 1.82) is 0 Å². The number of hydrazone groups is 1. The summed E-state index contributed by atoms with van der Waals surface area (Å²) < 4.78 is 12.5. The van der Waals surface area contributed by atoms with Gasteiger partial charge in [0.05, 0.1) is 13.3 Å². The normalized spacial score (nSPS) is 11.4. The van der Waals surface area contributed by atoms with Gasteiger partial charge < -0.3 is 9.47 Å². The standard InChI is InChI=1S/C26H27BrN2O3/c1-26(2,3)21-12-10-19(11-13-21)25(30)29-28-16-20-6-5-7-23(31-4)24(20)32-17-18-8-14-22(27)15-9-18/h5-16H,17H2,1-4H3,(H,29,30)/b28-16-. The molecule has 3 rings (SSSR count). The van der Waals surface area contributed by atoms with Gasteiger partial charge in [-0.1, -0.05) is 67.0 Å². The molecule has 0 atom stereocenters. The minimum absolute atomic E-state index is 0.0339. The van der Waals surface area contributed by atoms with Crippen molar-refractivity contribution >= 4 is 28.1 Å². The van der Waals surface area contributed by atoms with Crippen LogP contribution >= 0.6 is 15.9 Å². The number of methoxy groups -OCH3 is 1. The monoisotopic (exact) mass is 494 g/mol. The fourth-order valence-electron chi connectivity index (χ4n) is 3.03. The molecule has 0 heterocycles. The number of para-hydroxylation sites is 1. The molecule has 0 aliphatic rings. The molecule has 0 aliphatic heterocycles. The van der Waals surface area contributed by atoms with E-state index in [0.29, 0.717) is 29.2 Å². The highest BCUT2D eigenvalue weighted by Crippen LogP contribution is 2.31. The predicted octanol–water partition coefficient (Wildman–Crippen LogP) is 6.10. The quantitative estimate of drug-likeness (QED) is 0.318. The third-order valence-corrected chi connectivity index (χ3v) is 5.44. The van der Waals surface area contributed by atoms with Gasteiger partial charge in [0.1, 0.15) is 6.61 Å². The molecule has 0 aromatic heterocycles. The summed E-state index contributed by atoms with van der Waals surface area (Å²) in [5.74, 6) is 0.877. The number of nitrogens with zero attached hydrogens (tertiary/aromatic N) is 1. The van der Waals surface area contributed by atoms with E-state index in [0.717, 1.165) is 10.0 Å². The number of hydrogen-bond donors (Lipinski definition) is 1. The van der Waals surface area contributed by atoms with E-state index in [9.17, 15) is 4.79 Å². The van der Waals surface area contributed by atoms with Crippen LogP contribution in [0.3, 0.4) is 0 Å². The molecular weight excluding hydrogens is 468 g/mol. The van der Waals surface area contributed by atoms with E-state index in [1.807, 2.05) is 66.7 Å². The van der Waals surface area contributed by atoms with Crippen LogP contribution in [-0.2, 0) is 12.0 Å². The zero-order valence-corrected chi connectivity index (χ0v) is 20.3. The van der Waals surface area contributed by atoms with Gasteiger partial charge in [-0.2, -0.15) is 5.10 Å². The van der Waals surface area contributed by atoms with E-state index in [-0.39, 0.29) is 11.3 Å². The Kier molecular flexibility index (Phi) is 7.70. The number of hydrogen-bond acceptors (Lipinski definition) is 4. The largest absolute Gasteiger partial charge is 0.493 e. The lowest BCUT2D eigenvalue weighted by atomic mass is 9.87. The third kappa shape index (κ3) is 6.20. The molecule has 0 spiro atoms. The topological polar surface area (TPSA) is 59.9 Å². The molecule has 0 aliphatic carbocycles. The summed E-state index contributed by atoms with van der Waals surface area (Å²) in [5, 5.41) is 4.13. The van der Waals surface area contributed by atoms with E-state index in [2.05, 4.69) is 47.2 Å². The predicted molar refractivity (Wildman–Crippen MR) is 132 cm³/mol. The molecule has 0 unspecified atom stereocenters. The Hall–Kier alpha value is -3.12. The molecule has 0 radical (unpaired) electrons. The van der Waals surface area contributed by atoms with Crippen molar-refractivity contribution in [3.8, 4) is 11.5 Å². The van der Waals surface area contributed by atoms with Crippen molar-refractivity contribution in [3.05, 3.63) is 93.5 Å².